The van der Waals surface area contributed by atoms with Gasteiger partial charge in [0.05, 0.1) is 0 Å². The van der Waals surface area contributed by atoms with E-state index in [4.69, 9.17) is 0 Å². The van der Waals surface area contributed by atoms with Crippen LogP contribution in [0.2, 0.25) is 0 Å². The number of hydrogen-bond donors (Lipinski definition) is 0. The fourth-order valence-corrected chi connectivity index (χ4v) is 0. The van der Waals surface area contributed by atoms with Crippen molar-refractivity contribution in [3.63, 3.8) is 0 Å². The molecule has 0 aliphatic rings. The first-order valence-corrected chi connectivity index (χ1v) is 0. The summed E-state index contributed by atoms with van der Waals surface area (Å²) in [6.45, 7) is 0. The van der Waals surface area contributed by atoms with E-state index in [0.29, 0.717) is 0 Å². The molecule has 0 amide bonds. The summed E-state index contributed by atoms with van der Waals surface area (Å²) in [6.07, 6.45) is 0. The Hall–Kier alpha value is 0.637. The molecule has 0 aliphatic heterocycles. The first-order valence-electron chi connectivity index (χ1n) is 0. The van der Waals surface area contributed by atoms with Crippen molar-refractivity contribution in [3.8, 4) is 0 Å². The molecule has 0 saturated heterocycles. The van der Waals surface area contributed by atoms with Gasteiger partial charge in [-0.3, -0.25) is 23.5 Å². The smallest absolute Gasteiger partial charge is 0 e. The molecule has 0 aromatic heterocycles. The largest absolute Gasteiger partial charge is 0.269 e. The molecule has 6 heteroatoms. The van der Waals surface area contributed by atoms with Gasteiger partial charge in [-0.1, -0.05) is 0 Å². The van der Waals surface area contributed by atoms with Crippen LogP contribution in [0.4, 0.5) is 23.5 Å². The Morgan fingerprint density at radius 1 is 0.333 bits per heavy atom. The average Bonchev–Trinajstić information content (AvgIpc) is 0. The predicted molar refractivity (Wildman–Crippen MR) is 12.5 cm³/mol. The van der Waals surface area contributed by atoms with Crippen molar-refractivity contribution < 1.29 is 52.7 Å². The summed E-state index contributed by atoms with van der Waals surface area (Å²) in [6, 6.07) is 0. The molecule has 0 aromatic carbocycles. The summed E-state index contributed by atoms with van der Waals surface area (Å²) in [5.41, 5.74) is 0. The molecule has 0 saturated carbocycles. The summed E-state index contributed by atoms with van der Waals surface area (Å²) < 4.78 is 0. The minimum Gasteiger partial charge on any atom is -0.269 e. The number of halogens is 5. The van der Waals surface area contributed by atoms with E-state index < -0.39 is 0 Å². The van der Waals surface area contributed by atoms with Gasteiger partial charge in [-0.25, -0.2) is 0 Å². The molecule has 6 heavy (non-hydrogen) atoms. The van der Waals surface area contributed by atoms with Gasteiger partial charge in [0.1, 0.15) is 0 Å². The Labute approximate surface area is 53.1 Å². The molecule has 0 radical (unpaired) electrons. The average molecular weight is 344 g/mol. The quantitative estimate of drug-likeness (QED) is 0.570. The molecular formula is H5F5Pu. The maximum Gasteiger partial charge on any atom is 0 e. The number of rotatable bonds is 0. The van der Waals surface area contributed by atoms with Crippen molar-refractivity contribution in [1.82, 2.24) is 0 Å². The monoisotopic (exact) mass is 338 g/mol. The van der Waals surface area contributed by atoms with Crippen LogP contribution in [0.15, 0.2) is 0 Å². The van der Waals surface area contributed by atoms with Crippen molar-refractivity contribution in [2.45, 2.75) is 0 Å². The second kappa shape index (κ2) is 299. The molecule has 0 heterocycles. The van der Waals surface area contributed by atoms with Gasteiger partial charge in [-0.2, -0.15) is 0 Å². The van der Waals surface area contributed by atoms with Gasteiger partial charge >= 0.3 is 0 Å². The zero-order valence-corrected chi connectivity index (χ0v) is 5.85. The first-order chi connectivity index (χ1) is 0. The van der Waals surface area contributed by atoms with Crippen LogP contribution in [0.5, 0.6) is 0 Å². The molecule has 46 valence electrons. The summed E-state index contributed by atoms with van der Waals surface area (Å²) in [5, 5.41) is 0. The van der Waals surface area contributed by atoms with E-state index in [1.165, 1.54) is 0 Å². The minimum absolute atomic E-state index is 0. The van der Waals surface area contributed by atoms with E-state index in [9.17, 15) is 0 Å². The predicted octanol–water partition coefficient (Wildman–Crippen LogP) is 0.762. The molecule has 0 rings (SSSR count). The molecule has 0 fully saturated rings. The van der Waals surface area contributed by atoms with Crippen molar-refractivity contribution in [3.05, 3.63) is 0 Å². The van der Waals surface area contributed by atoms with Crippen LogP contribution in [-0.4, -0.2) is 0 Å². The van der Waals surface area contributed by atoms with Crippen molar-refractivity contribution >= 4 is 0 Å². The SMILES string of the molecule is F.F.F.F.F.[Pu]. The molecule has 0 spiro atoms. The van der Waals surface area contributed by atoms with Gasteiger partial charge in [0, 0.05) is 29.2 Å². The van der Waals surface area contributed by atoms with E-state index in [1.54, 1.807) is 0 Å². The van der Waals surface area contributed by atoms with Crippen LogP contribution in [0, 0.1) is 29.2 Å². The molecule has 0 aliphatic carbocycles. The van der Waals surface area contributed by atoms with E-state index in [0.717, 1.165) is 0 Å². The summed E-state index contributed by atoms with van der Waals surface area (Å²) >= 11 is 0. The van der Waals surface area contributed by atoms with Crippen molar-refractivity contribution in [2.75, 3.05) is 0 Å². The fraction of sp³-hybridized carbons (Fsp3) is 0. The Balaban J connectivity index is 0. The molecule has 0 bridgehead atoms. The van der Waals surface area contributed by atoms with E-state index in [1.807, 2.05) is 0 Å². The first kappa shape index (κ1) is 520. The summed E-state index contributed by atoms with van der Waals surface area (Å²) in [4.78, 5) is 0. The maximum absolute atomic E-state index is 0. The zero-order valence-electron chi connectivity index (χ0n) is 2.45. The topological polar surface area (TPSA) is 0 Å². The van der Waals surface area contributed by atoms with Crippen molar-refractivity contribution in [2.24, 2.45) is 0 Å². The molecule has 0 nitrogen and oxygen atoms in total. The van der Waals surface area contributed by atoms with Gasteiger partial charge in [0.15, 0.2) is 0 Å². The molecular weight excluding hydrogens is 339 g/mol. The van der Waals surface area contributed by atoms with Gasteiger partial charge < -0.3 is 0 Å². The van der Waals surface area contributed by atoms with Gasteiger partial charge in [-0.05, 0) is 0 Å². The number of hydrogen-bond acceptors (Lipinski definition) is 0. The zero-order chi connectivity index (χ0) is 0. The van der Waals surface area contributed by atoms with Crippen LogP contribution >= 0.6 is 0 Å². The van der Waals surface area contributed by atoms with Crippen LogP contribution < -0.4 is 0 Å². The Kier molecular flexibility index (Phi) is 25900. The standard InChI is InChI=1S/5FH.Pu/h5*1H;. The Morgan fingerprint density at radius 2 is 0.333 bits per heavy atom. The van der Waals surface area contributed by atoms with Crippen LogP contribution in [-0.2, 0) is 0 Å². The Bertz CT molecular complexity index is 3.90. The third-order valence-electron chi connectivity index (χ3n) is 0. The Morgan fingerprint density at radius 3 is 0.333 bits per heavy atom. The van der Waals surface area contributed by atoms with E-state index >= 15 is 0 Å². The maximum atomic E-state index is 0. The van der Waals surface area contributed by atoms with Crippen LogP contribution in [0.3, 0.4) is 0 Å². The normalized spacial score (nSPS) is 0. The van der Waals surface area contributed by atoms with Gasteiger partial charge in [0.25, 0.3) is 0 Å². The third kappa shape index (κ3) is 151. The van der Waals surface area contributed by atoms with E-state index in [2.05, 4.69) is 0 Å². The molecule has 0 unspecified atom stereocenters. The van der Waals surface area contributed by atoms with Gasteiger partial charge in [0.2, 0.25) is 0 Å². The van der Waals surface area contributed by atoms with Crippen LogP contribution in [0.1, 0.15) is 0 Å². The van der Waals surface area contributed by atoms with E-state index in [-0.39, 0.29) is 52.7 Å². The third-order valence-corrected chi connectivity index (χ3v) is 0. The van der Waals surface area contributed by atoms with Crippen molar-refractivity contribution in [1.29, 1.82) is 0 Å². The molecule has 0 aromatic rings. The summed E-state index contributed by atoms with van der Waals surface area (Å²) in [7, 11) is 0. The fourth-order valence-electron chi connectivity index (χ4n) is 0. The second-order valence-electron chi connectivity index (χ2n) is 0. The second-order valence-corrected chi connectivity index (χ2v) is 0. The summed E-state index contributed by atoms with van der Waals surface area (Å²) in [5.74, 6) is 0. The molecule has 0 N–H and O–H groups in total. The minimum atomic E-state index is 0. The van der Waals surface area contributed by atoms with Crippen LogP contribution in [0.25, 0.3) is 0 Å². The molecule has 0 atom stereocenters. The van der Waals surface area contributed by atoms with Gasteiger partial charge in [-0.15, -0.1) is 0 Å².